The van der Waals surface area contributed by atoms with Crippen LogP contribution >= 0.6 is 0 Å². The van der Waals surface area contributed by atoms with Crippen LogP contribution in [0.4, 0.5) is 4.39 Å². The normalized spacial score (nSPS) is 12.4. The maximum atomic E-state index is 13.5. The fourth-order valence-electron chi connectivity index (χ4n) is 1.94. The van der Waals surface area contributed by atoms with Crippen molar-refractivity contribution < 1.29 is 9.13 Å². The van der Waals surface area contributed by atoms with Crippen molar-refractivity contribution in [3.05, 3.63) is 41.5 Å². The molecule has 5 nitrogen and oxygen atoms in total. The SMILES string of the molecule is CCCNC(c1cn[nH]n1)c1cc(F)ccc1OC. The molecule has 0 aliphatic carbocycles. The fraction of sp³-hybridized carbons (Fsp3) is 0.385. The van der Waals surface area contributed by atoms with Crippen LogP contribution in [0.25, 0.3) is 0 Å². The average molecular weight is 264 g/mol. The van der Waals surface area contributed by atoms with Crippen LogP contribution < -0.4 is 10.1 Å². The predicted octanol–water partition coefficient (Wildman–Crippen LogP) is 2.04. The molecule has 0 amide bonds. The molecule has 1 atom stereocenters. The van der Waals surface area contributed by atoms with E-state index in [9.17, 15) is 4.39 Å². The summed E-state index contributed by atoms with van der Waals surface area (Å²) in [5.74, 6) is 0.320. The zero-order valence-electron chi connectivity index (χ0n) is 11.0. The van der Waals surface area contributed by atoms with E-state index >= 15 is 0 Å². The van der Waals surface area contributed by atoms with Gasteiger partial charge in [-0.3, -0.25) is 0 Å². The molecule has 0 saturated carbocycles. The quantitative estimate of drug-likeness (QED) is 0.838. The lowest BCUT2D eigenvalue weighted by Crippen LogP contribution is -2.24. The van der Waals surface area contributed by atoms with Gasteiger partial charge in [-0.2, -0.15) is 15.4 Å². The molecule has 0 bridgehead atoms. The van der Waals surface area contributed by atoms with Gasteiger partial charge in [0.1, 0.15) is 17.3 Å². The molecule has 1 unspecified atom stereocenters. The van der Waals surface area contributed by atoms with Crippen LogP contribution in [-0.2, 0) is 0 Å². The van der Waals surface area contributed by atoms with Gasteiger partial charge < -0.3 is 10.1 Å². The molecule has 1 aromatic carbocycles. The molecule has 2 N–H and O–H groups in total. The lowest BCUT2D eigenvalue weighted by atomic mass is 10.0. The van der Waals surface area contributed by atoms with Crippen LogP contribution in [0.15, 0.2) is 24.4 Å². The summed E-state index contributed by atoms with van der Waals surface area (Å²) >= 11 is 0. The van der Waals surface area contributed by atoms with E-state index < -0.39 is 0 Å². The van der Waals surface area contributed by atoms with Crippen LogP contribution in [0.1, 0.15) is 30.6 Å². The Bertz CT molecular complexity index is 515. The number of nitrogens with one attached hydrogen (secondary N) is 2. The number of hydrogen-bond donors (Lipinski definition) is 2. The number of benzene rings is 1. The summed E-state index contributed by atoms with van der Waals surface area (Å²) in [7, 11) is 1.57. The fourth-order valence-corrected chi connectivity index (χ4v) is 1.94. The highest BCUT2D eigenvalue weighted by Crippen LogP contribution is 2.29. The molecule has 0 radical (unpaired) electrons. The minimum absolute atomic E-state index is 0.246. The molecule has 0 aliphatic heterocycles. The zero-order chi connectivity index (χ0) is 13.7. The van der Waals surface area contributed by atoms with Gasteiger partial charge in [0, 0.05) is 5.56 Å². The smallest absolute Gasteiger partial charge is 0.124 e. The van der Waals surface area contributed by atoms with Gasteiger partial charge in [0.15, 0.2) is 0 Å². The third kappa shape index (κ3) is 3.08. The van der Waals surface area contributed by atoms with Gasteiger partial charge in [0.25, 0.3) is 0 Å². The Hall–Kier alpha value is -1.95. The van der Waals surface area contributed by atoms with Crippen molar-refractivity contribution in [3.63, 3.8) is 0 Å². The van der Waals surface area contributed by atoms with Gasteiger partial charge in [-0.05, 0) is 31.2 Å². The second-order valence-corrected chi connectivity index (χ2v) is 4.17. The van der Waals surface area contributed by atoms with Crippen molar-refractivity contribution in [1.29, 1.82) is 0 Å². The lowest BCUT2D eigenvalue weighted by molar-refractivity contribution is 0.401. The third-order valence-electron chi connectivity index (χ3n) is 2.83. The summed E-state index contributed by atoms with van der Waals surface area (Å²) in [6, 6.07) is 4.21. The van der Waals surface area contributed by atoms with Crippen molar-refractivity contribution in [3.8, 4) is 5.75 Å². The first-order valence-electron chi connectivity index (χ1n) is 6.18. The van der Waals surface area contributed by atoms with Crippen molar-refractivity contribution in [2.45, 2.75) is 19.4 Å². The molecule has 0 aliphatic rings. The molecule has 6 heteroatoms. The zero-order valence-corrected chi connectivity index (χ0v) is 11.0. The van der Waals surface area contributed by atoms with E-state index in [-0.39, 0.29) is 11.9 Å². The highest BCUT2D eigenvalue weighted by atomic mass is 19.1. The van der Waals surface area contributed by atoms with Crippen molar-refractivity contribution >= 4 is 0 Å². The molecule has 2 rings (SSSR count). The number of ether oxygens (including phenoxy) is 1. The summed E-state index contributed by atoms with van der Waals surface area (Å²) < 4.78 is 18.8. The largest absolute Gasteiger partial charge is 0.496 e. The Labute approximate surface area is 111 Å². The van der Waals surface area contributed by atoms with E-state index in [2.05, 4.69) is 27.7 Å². The van der Waals surface area contributed by atoms with Crippen LogP contribution in [0.3, 0.4) is 0 Å². The van der Waals surface area contributed by atoms with E-state index in [4.69, 9.17) is 4.74 Å². The number of hydrogen-bond acceptors (Lipinski definition) is 4. The highest BCUT2D eigenvalue weighted by Gasteiger charge is 2.20. The van der Waals surface area contributed by atoms with E-state index in [0.29, 0.717) is 17.0 Å². The second kappa shape index (κ2) is 6.29. The summed E-state index contributed by atoms with van der Waals surface area (Å²) in [5.41, 5.74) is 1.42. The van der Waals surface area contributed by atoms with Crippen molar-refractivity contribution in [2.24, 2.45) is 0 Å². The molecule has 0 saturated heterocycles. The average Bonchev–Trinajstić information content (AvgIpc) is 2.93. The monoisotopic (exact) mass is 264 g/mol. The third-order valence-corrected chi connectivity index (χ3v) is 2.83. The van der Waals surface area contributed by atoms with Gasteiger partial charge in [0.2, 0.25) is 0 Å². The number of H-pyrrole nitrogens is 1. The summed E-state index contributed by atoms with van der Waals surface area (Å²) in [5, 5.41) is 13.8. The van der Waals surface area contributed by atoms with Crippen LogP contribution in [0.5, 0.6) is 5.75 Å². The molecule has 0 spiro atoms. The highest BCUT2D eigenvalue weighted by molar-refractivity contribution is 5.39. The Kier molecular flexibility index (Phi) is 4.46. The van der Waals surface area contributed by atoms with Crippen LogP contribution in [0.2, 0.25) is 0 Å². The first-order chi connectivity index (χ1) is 9.26. The minimum atomic E-state index is -0.303. The lowest BCUT2D eigenvalue weighted by Gasteiger charge is -2.19. The Morgan fingerprint density at radius 2 is 2.32 bits per heavy atom. The van der Waals surface area contributed by atoms with E-state index in [0.717, 1.165) is 13.0 Å². The molecule has 1 aromatic heterocycles. The second-order valence-electron chi connectivity index (χ2n) is 4.17. The maximum absolute atomic E-state index is 13.5. The van der Waals surface area contributed by atoms with Crippen LogP contribution in [0, 0.1) is 5.82 Å². The van der Waals surface area contributed by atoms with Crippen molar-refractivity contribution in [2.75, 3.05) is 13.7 Å². The van der Waals surface area contributed by atoms with Gasteiger partial charge >= 0.3 is 0 Å². The van der Waals surface area contributed by atoms with Crippen molar-refractivity contribution in [1.82, 2.24) is 20.7 Å². The number of nitrogens with zero attached hydrogens (tertiary/aromatic N) is 2. The van der Waals surface area contributed by atoms with Crippen LogP contribution in [-0.4, -0.2) is 29.1 Å². The van der Waals surface area contributed by atoms with Gasteiger partial charge in [-0.25, -0.2) is 4.39 Å². The molecule has 1 heterocycles. The van der Waals surface area contributed by atoms with Gasteiger partial charge in [-0.15, -0.1) is 0 Å². The first kappa shape index (κ1) is 13.5. The molecule has 0 fully saturated rings. The number of rotatable bonds is 6. The molecule has 102 valence electrons. The topological polar surface area (TPSA) is 62.8 Å². The summed E-state index contributed by atoms with van der Waals surface area (Å²) in [6.45, 7) is 2.85. The Balaban J connectivity index is 2.39. The molecule has 2 aromatic rings. The first-order valence-corrected chi connectivity index (χ1v) is 6.18. The number of aromatic nitrogens is 3. The Morgan fingerprint density at radius 1 is 1.47 bits per heavy atom. The van der Waals surface area contributed by atoms with E-state index in [1.54, 1.807) is 19.4 Å². The molecule has 19 heavy (non-hydrogen) atoms. The summed E-state index contributed by atoms with van der Waals surface area (Å²) in [4.78, 5) is 0. The predicted molar refractivity (Wildman–Crippen MR) is 69.5 cm³/mol. The standard InChI is InChI=1S/C13H17FN4O/c1-3-6-15-13(11-8-16-18-17-11)10-7-9(14)4-5-12(10)19-2/h4-5,7-8,13,15H,3,6H2,1-2H3,(H,16,17,18). The number of halogens is 1. The maximum Gasteiger partial charge on any atom is 0.124 e. The van der Waals surface area contributed by atoms with E-state index in [1.165, 1.54) is 12.1 Å². The Morgan fingerprint density at radius 3 is 2.95 bits per heavy atom. The summed E-state index contributed by atoms with van der Waals surface area (Å²) in [6.07, 6.45) is 2.59. The number of aromatic amines is 1. The molecular formula is C13H17FN4O. The molecular weight excluding hydrogens is 247 g/mol. The minimum Gasteiger partial charge on any atom is -0.496 e. The van der Waals surface area contributed by atoms with Gasteiger partial charge in [-0.1, -0.05) is 6.92 Å². The van der Waals surface area contributed by atoms with E-state index in [1.807, 2.05) is 0 Å². The number of methoxy groups -OCH3 is 1. The van der Waals surface area contributed by atoms with Gasteiger partial charge in [0.05, 0.1) is 19.3 Å².